The van der Waals surface area contributed by atoms with E-state index in [0.29, 0.717) is 6.54 Å². The van der Waals surface area contributed by atoms with Gasteiger partial charge in [0.1, 0.15) is 6.54 Å². The van der Waals surface area contributed by atoms with Gasteiger partial charge in [0.25, 0.3) is 0 Å². The predicted molar refractivity (Wildman–Crippen MR) is 72.1 cm³/mol. The number of nitrogens with two attached hydrogens (primary N) is 1. The Hall–Kier alpha value is -2.07. The Morgan fingerprint density at radius 3 is 2.67 bits per heavy atom. The van der Waals surface area contributed by atoms with Gasteiger partial charge in [0, 0.05) is 24.1 Å². The molecule has 1 heterocycles. The Morgan fingerprint density at radius 1 is 1.33 bits per heavy atom. The Morgan fingerprint density at radius 2 is 2.06 bits per heavy atom. The van der Waals surface area contributed by atoms with Crippen molar-refractivity contribution in [3.05, 3.63) is 54.4 Å². The second-order valence-corrected chi connectivity index (χ2v) is 4.32. The molecule has 0 spiro atoms. The van der Waals surface area contributed by atoms with Crippen LogP contribution in [0.25, 0.3) is 0 Å². The highest BCUT2D eigenvalue weighted by Crippen LogP contribution is 2.10. The number of hydrogen-bond donors (Lipinski definition) is 2. The first kappa shape index (κ1) is 12.4. The molecule has 1 amide bonds. The van der Waals surface area contributed by atoms with Gasteiger partial charge in [0.2, 0.25) is 5.91 Å². The number of rotatable bonds is 4. The van der Waals surface area contributed by atoms with Crippen molar-refractivity contribution in [2.45, 2.75) is 19.5 Å². The molecule has 0 saturated carbocycles. The monoisotopic (exact) mass is 243 g/mol. The van der Waals surface area contributed by atoms with Gasteiger partial charge in [-0.05, 0) is 30.7 Å². The number of para-hydroxylation sites is 1. The number of nitrogens with zero attached hydrogens (tertiary/aromatic N) is 1. The molecule has 0 saturated heterocycles. The van der Waals surface area contributed by atoms with Crippen LogP contribution in [0.5, 0.6) is 0 Å². The van der Waals surface area contributed by atoms with Crippen LogP contribution in [0.1, 0.15) is 18.5 Å². The van der Waals surface area contributed by atoms with E-state index in [2.05, 4.69) is 5.32 Å². The minimum absolute atomic E-state index is 0.0107. The van der Waals surface area contributed by atoms with E-state index in [-0.39, 0.29) is 11.9 Å². The van der Waals surface area contributed by atoms with Gasteiger partial charge in [-0.25, -0.2) is 0 Å². The molecular weight excluding hydrogens is 226 g/mol. The van der Waals surface area contributed by atoms with Gasteiger partial charge < -0.3 is 15.6 Å². The van der Waals surface area contributed by atoms with Crippen molar-refractivity contribution < 1.29 is 4.79 Å². The average Bonchev–Trinajstić information content (AvgIpc) is 2.78. The highest BCUT2D eigenvalue weighted by molar-refractivity contribution is 5.90. The zero-order chi connectivity index (χ0) is 13.0. The summed E-state index contributed by atoms with van der Waals surface area (Å²) in [7, 11) is 0. The molecular formula is C14H17N3O. The quantitative estimate of drug-likeness (QED) is 0.864. The number of nitrogens with one attached hydrogen (secondary N) is 1. The molecule has 18 heavy (non-hydrogen) atoms. The van der Waals surface area contributed by atoms with Gasteiger partial charge in [0.05, 0.1) is 0 Å². The number of carbonyl (C=O) groups excluding carboxylic acids is 1. The van der Waals surface area contributed by atoms with Gasteiger partial charge in [-0.1, -0.05) is 18.2 Å². The first-order valence-electron chi connectivity index (χ1n) is 5.91. The lowest BCUT2D eigenvalue weighted by atomic mass is 10.2. The van der Waals surface area contributed by atoms with Crippen molar-refractivity contribution in [1.29, 1.82) is 0 Å². The maximum atomic E-state index is 11.8. The molecule has 1 aromatic carbocycles. The van der Waals surface area contributed by atoms with E-state index in [4.69, 9.17) is 5.73 Å². The van der Waals surface area contributed by atoms with Crippen molar-refractivity contribution in [1.82, 2.24) is 4.57 Å². The molecule has 94 valence electrons. The van der Waals surface area contributed by atoms with Gasteiger partial charge >= 0.3 is 0 Å². The van der Waals surface area contributed by atoms with Crippen LogP contribution in [0, 0.1) is 0 Å². The van der Waals surface area contributed by atoms with Crippen molar-refractivity contribution in [2.24, 2.45) is 5.73 Å². The third kappa shape index (κ3) is 3.21. The van der Waals surface area contributed by atoms with Crippen LogP contribution in [-0.4, -0.2) is 10.5 Å². The lowest BCUT2D eigenvalue weighted by Crippen LogP contribution is -2.17. The van der Waals surface area contributed by atoms with Gasteiger partial charge in [0.15, 0.2) is 0 Å². The first-order valence-corrected chi connectivity index (χ1v) is 5.91. The third-order valence-electron chi connectivity index (χ3n) is 2.68. The number of carbonyl (C=O) groups is 1. The molecule has 3 N–H and O–H groups in total. The maximum Gasteiger partial charge on any atom is 0.244 e. The first-order chi connectivity index (χ1) is 8.65. The molecule has 0 bridgehead atoms. The van der Waals surface area contributed by atoms with E-state index in [1.165, 1.54) is 0 Å². The zero-order valence-electron chi connectivity index (χ0n) is 10.3. The van der Waals surface area contributed by atoms with Crippen LogP contribution in [0.2, 0.25) is 0 Å². The van der Waals surface area contributed by atoms with E-state index in [1.54, 1.807) is 0 Å². The number of benzene rings is 1. The summed E-state index contributed by atoms with van der Waals surface area (Å²) < 4.78 is 1.83. The van der Waals surface area contributed by atoms with Crippen LogP contribution in [-0.2, 0) is 11.3 Å². The largest absolute Gasteiger partial charge is 0.345 e. The van der Waals surface area contributed by atoms with Crippen molar-refractivity contribution in [3.8, 4) is 0 Å². The van der Waals surface area contributed by atoms with E-state index < -0.39 is 0 Å². The highest BCUT2D eigenvalue weighted by atomic mass is 16.1. The fraction of sp³-hybridized carbons (Fsp3) is 0.214. The average molecular weight is 243 g/mol. The summed E-state index contributed by atoms with van der Waals surface area (Å²) in [5, 5.41) is 2.84. The molecule has 4 nitrogen and oxygen atoms in total. The molecule has 0 aliphatic heterocycles. The molecule has 1 aromatic heterocycles. The Balaban J connectivity index is 1.95. The third-order valence-corrected chi connectivity index (χ3v) is 2.68. The topological polar surface area (TPSA) is 60.0 Å². The molecule has 2 aromatic rings. The summed E-state index contributed by atoms with van der Waals surface area (Å²) in [6, 6.07) is 11.3. The second-order valence-electron chi connectivity index (χ2n) is 4.32. The summed E-state index contributed by atoms with van der Waals surface area (Å²) >= 11 is 0. The van der Waals surface area contributed by atoms with Gasteiger partial charge in [-0.2, -0.15) is 0 Å². The summed E-state index contributed by atoms with van der Waals surface area (Å²) in [5.41, 5.74) is 7.61. The van der Waals surface area contributed by atoms with E-state index >= 15 is 0 Å². The number of hydrogen-bond acceptors (Lipinski definition) is 2. The zero-order valence-corrected chi connectivity index (χ0v) is 10.3. The second kappa shape index (κ2) is 5.51. The molecule has 1 atom stereocenters. The molecule has 0 radical (unpaired) electrons. The normalized spacial score (nSPS) is 12.1. The van der Waals surface area contributed by atoms with E-state index in [0.717, 1.165) is 11.3 Å². The number of amides is 1. The lowest BCUT2D eigenvalue weighted by Gasteiger charge is -2.06. The van der Waals surface area contributed by atoms with E-state index in [1.807, 2.05) is 60.3 Å². The highest BCUT2D eigenvalue weighted by Gasteiger charge is 2.05. The minimum atomic E-state index is -0.0481. The van der Waals surface area contributed by atoms with Gasteiger partial charge in [-0.15, -0.1) is 0 Å². The van der Waals surface area contributed by atoms with Crippen LogP contribution >= 0.6 is 0 Å². The fourth-order valence-electron chi connectivity index (χ4n) is 1.71. The Bertz CT molecular complexity index is 517. The minimum Gasteiger partial charge on any atom is -0.345 e. The molecule has 2 rings (SSSR count). The standard InChI is InChI=1S/C14H17N3O/c1-11(15)12-7-8-17(9-12)10-14(18)16-13-5-3-2-4-6-13/h2-9,11H,10,15H2,1H3,(H,16,18). The van der Waals surface area contributed by atoms with E-state index in [9.17, 15) is 4.79 Å². The van der Waals surface area contributed by atoms with Gasteiger partial charge in [-0.3, -0.25) is 4.79 Å². The predicted octanol–water partition coefficient (Wildman–Crippen LogP) is 2.15. The molecule has 1 unspecified atom stereocenters. The summed E-state index contributed by atoms with van der Waals surface area (Å²) in [5.74, 6) is -0.0481. The van der Waals surface area contributed by atoms with Crippen LogP contribution in [0.3, 0.4) is 0 Å². The number of anilines is 1. The van der Waals surface area contributed by atoms with Crippen molar-refractivity contribution in [3.63, 3.8) is 0 Å². The van der Waals surface area contributed by atoms with Crippen molar-refractivity contribution >= 4 is 11.6 Å². The van der Waals surface area contributed by atoms with Crippen molar-refractivity contribution in [2.75, 3.05) is 5.32 Å². The summed E-state index contributed by atoms with van der Waals surface area (Å²) in [4.78, 5) is 11.8. The van der Waals surface area contributed by atoms with Crippen LogP contribution < -0.4 is 11.1 Å². The van der Waals surface area contributed by atoms with Crippen LogP contribution in [0.4, 0.5) is 5.69 Å². The smallest absolute Gasteiger partial charge is 0.244 e. The SMILES string of the molecule is CC(N)c1ccn(CC(=O)Nc2ccccc2)c1. The molecule has 0 aliphatic rings. The Kier molecular flexibility index (Phi) is 3.79. The summed E-state index contributed by atoms with van der Waals surface area (Å²) in [6.45, 7) is 2.21. The maximum absolute atomic E-state index is 11.8. The lowest BCUT2D eigenvalue weighted by molar-refractivity contribution is -0.116. The van der Waals surface area contributed by atoms with Crippen LogP contribution in [0.15, 0.2) is 48.8 Å². The summed E-state index contributed by atoms with van der Waals surface area (Å²) in [6.07, 6.45) is 3.76. The molecule has 4 heteroatoms. The molecule has 0 fully saturated rings. The molecule has 0 aliphatic carbocycles. The fourth-order valence-corrected chi connectivity index (χ4v) is 1.71. The number of aromatic nitrogens is 1. The Labute approximate surface area is 106 Å².